The van der Waals surface area contributed by atoms with Gasteiger partial charge in [0.2, 0.25) is 0 Å². The van der Waals surface area contributed by atoms with Gasteiger partial charge in [-0.05, 0) is 28.1 Å². The summed E-state index contributed by atoms with van der Waals surface area (Å²) in [6.45, 7) is 0. The van der Waals surface area contributed by atoms with Crippen molar-refractivity contribution >= 4 is 27.0 Å². The molecule has 1 N–H and O–H groups in total. The molecule has 0 fully saturated rings. The molecule has 3 aromatic rings. The van der Waals surface area contributed by atoms with Crippen molar-refractivity contribution in [2.24, 2.45) is 7.05 Å². The third-order valence-electron chi connectivity index (χ3n) is 2.40. The molecule has 0 radical (unpaired) electrons. The Morgan fingerprint density at radius 2 is 2.12 bits per heavy atom. The Morgan fingerprint density at radius 1 is 1.31 bits per heavy atom. The number of rotatable bonds is 1. The number of hydrogen-bond acceptors (Lipinski definition) is 2. The number of aromatic nitrogens is 4. The van der Waals surface area contributed by atoms with E-state index in [2.05, 4.69) is 31.0 Å². The zero-order valence-electron chi connectivity index (χ0n) is 8.61. The number of aromatic amines is 1. The molecule has 1 aromatic carbocycles. The van der Waals surface area contributed by atoms with Crippen molar-refractivity contribution in [1.29, 1.82) is 0 Å². The molecule has 0 atom stereocenters. The maximum atomic E-state index is 4.50. The molecule has 4 nitrogen and oxygen atoms in total. The minimum Gasteiger partial charge on any atom is -0.337 e. The normalized spacial score (nSPS) is 11.1. The van der Waals surface area contributed by atoms with Gasteiger partial charge in [-0.2, -0.15) is 5.10 Å². The third-order valence-corrected chi connectivity index (χ3v) is 2.98. The molecule has 0 aliphatic rings. The SMILES string of the molecule is Cn1cc(Br)c(-c2nc3ccccc3[nH]2)n1. The van der Waals surface area contributed by atoms with Crippen LogP contribution in [0.2, 0.25) is 0 Å². The maximum absolute atomic E-state index is 4.50. The molecule has 2 heterocycles. The minimum absolute atomic E-state index is 0.786. The molecule has 3 rings (SSSR count). The lowest BCUT2D eigenvalue weighted by molar-refractivity contribution is 0.769. The van der Waals surface area contributed by atoms with Crippen LogP contribution >= 0.6 is 15.9 Å². The van der Waals surface area contributed by atoms with Crippen LogP contribution in [-0.4, -0.2) is 19.7 Å². The van der Waals surface area contributed by atoms with E-state index in [9.17, 15) is 0 Å². The summed E-state index contributed by atoms with van der Waals surface area (Å²) in [5.41, 5.74) is 2.81. The number of hydrogen-bond donors (Lipinski definition) is 1. The summed E-state index contributed by atoms with van der Waals surface area (Å²) in [6.07, 6.45) is 1.91. The average molecular weight is 277 g/mol. The highest BCUT2D eigenvalue weighted by Crippen LogP contribution is 2.25. The highest BCUT2D eigenvalue weighted by Gasteiger charge is 2.11. The van der Waals surface area contributed by atoms with Crippen LogP contribution in [-0.2, 0) is 7.05 Å². The molecule has 0 spiro atoms. The van der Waals surface area contributed by atoms with Crippen LogP contribution in [0.4, 0.5) is 0 Å². The number of benzene rings is 1. The van der Waals surface area contributed by atoms with Crippen molar-refractivity contribution in [3.8, 4) is 11.5 Å². The first-order valence-electron chi connectivity index (χ1n) is 4.88. The van der Waals surface area contributed by atoms with E-state index in [0.29, 0.717) is 0 Å². The van der Waals surface area contributed by atoms with Gasteiger partial charge in [-0.1, -0.05) is 12.1 Å². The van der Waals surface area contributed by atoms with Crippen LogP contribution in [0, 0.1) is 0 Å². The Bertz CT molecular complexity index is 620. The van der Waals surface area contributed by atoms with Gasteiger partial charge >= 0.3 is 0 Å². The van der Waals surface area contributed by atoms with Crippen molar-refractivity contribution in [3.63, 3.8) is 0 Å². The Labute approximate surface area is 100 Å². The first-order valence-corrected chi connectivity index (χ1v) is 5.67. The van der Waals surface area contributed by atoms with Gasteiger partial charge in [0.05, 0.1) is 15.5 Å². The molecule has 0 amide bonds. The van der Waals surface area contributed by atoms with Gasteiger partial charge < -0.3 is 4.98 Å². The second kappa shape index (κ2) is 3.45. The van der Waals surface area contributed by atoms with Crippen LogP contribution in [0.1, 0.15) is 0 Å². The van der Waals surface area contributed by atoms with Gasteiger partial charge in [0.15, 0.2) is 5.82 Å². The van der Waals surface area contributed by atoms with Gasteiger partial charge in [-0.15, -0.1) is 0 Å². The molecule has 0 aliphatic heterocycles. The summed E-state index contributed by atoms with van der Waals surface area (Å²) in [5, 5.41) is 4.35. The Morgan fingerprint density at radius 3 is 2.81 bits per heavy atom. The summed E-state index contributed by atoms with van der Waals surface area (Å²) in [7, 11) is 1.89. The highest BCUT2D eigenvalue weighted by molar-refractivity contribution is 9.10. The minimum atomic E-state index is 0.786. The van der Waals surface area contributed by atoms with Crippen molar-refractivity contribution in [2.45, 2.75) is 0 Å². The van der Waals surface area contributed by atoms with E-state index < -0.39 is 0 Å². The summed E-state index contributed by atoms with van der Waals surface area (Å²) in [6, 6.07) is 7.94. The Hall–Kier alpha value is -1.62. The van der Waals surface area contributed by atoms with Crippen LogP contribution in [0.15, 0.2) is 34.9 Å². The lowest BCUT2D eigenvalue weighted by Crippen LogP contribution is -1.88. The molecule has 16 heavy (non-hydrogen) atoms. The van der Waals surface area contributed by atoms with Crippen molar-refractivity contribution in [1.82, 2.24) is 19.7 Å². The molecule has 80 valence electrons. The van der Waals surface area contributed by atoms with Crippen molar-refractivity contribution < 1.29 is 0 Å². The van der Waals surface area contributed by atoms with Gasteiger partial charge in [-0.25, -0.2) is 4.98 Å². The number of para-hydroxylation sites is 2. The smallest absolute Gasteiger partial charge is 0.160 e. The van der Waals surface area contributed by atoms with Gasteiger partial charge in [0.1, 0.15) is 5.69 Å². The van der Waals surface area contributed by atoms with Gasteiger partial charge in [-0.3, -0.25) is 4.68 Å². The number of imidazole rings is 1. The largest absolute Gasteiger partial charge is 0.337 e. The van der Waals surface area contributed by atoms with Crippen LogP contribution in [0.25, 0.3) is 22.6 Å². The monoisotopic (exact) mass is 276 g/mol. The van der Waals surface area contributed by atoms with E-state index in [1.54, 1.807) is 4.68 Å². The molecule has 0 saturated carbocycles. The number of H-pyrrole nitrogens is 1. The fourth-order valence-electron chi connectivity index (χ4n) is 1.68. The van der Waals surface area contributed by atoms with Crippen LogP contribution in [0.5, 0.6) is 0 Å². The quantitative estimate of drug-likeness (QED) is 0.743. The second-order valence-corrected chi connectivity index (χ2v) is 4.46. The molecule has 0 unspecified atom stereocenters. The number of fused-ring (bicyclic) bond motifs is 1. The summed E-state index contributed by atoms with van der Waals surface area (Å²) >= 11 is 3.47. The molecular formula is C11H9BrN4. The number of aryl methyl sites for hydroxylation is 1. The summed E-state index contributed by atoms with van der Waals surface area (Å²) in [5.74, 6) is 0.786. The van der Waals surface area contributed by atoms with Crippen LogP contribution in [0.3, 0.4) is 0 Å². The Balaban J connectivity index is 2.22. The number of halogens is 1. The fraction of sp³-hybridized carbons (Fsp3) is 0.0909. The van der Waals surface area contributed by atoms with Crippen LogP contribution < -0.4 is 0 Å². The zero-order valence-corrected chi connectivity index (χ0v) is 10.2. The molecule has 0 saturated heterocycles. The first kappa shape index (κ1) is 9.59. The predicted octanol–water partition coefficient (Wildman–Crippen LogP) is 2.73. The number of nitrogens with one attached hydrogen (secondary N) is 1. The third kappa shape index (κ3) is 1.44. The molecule has 0 bridgehead atoms. The van der Waals surface area contributed by atoms with Gasteiger partial charge in [0.25, 0.3) is 0 Å². The topological polar surface area (TPSA) is 46.5 Å². The lowest BCUT2D eigenvalue weighted by Gasteiger charge is -1.89. The van der Waals surface area contributed by atoms with E-state index in [1.165, 1.54) is 0 Å². The second-order valence-electron chi connectivity index (χ2n) is 3.60. The predicted molar refractivity (Wildman–Crippen MR) is 66.0 cm³/mol. The zero-order chi connectivity index (χ0) is 11.1. The van der Waals surface area contributed by atoms with E-state index in [-0.39, 0.29) is 0 Å². The molecular weight excluding hydrogens is 268 g/mol. The first-order chi connectivity index (χ1) is 7.74. The standard InChI is InChI=1S/C11H9BrN4/c1-16-6-7(12)10(15-16)11-13-8-4-2-3-5-9(8)14-11/h2-6H,1H3,(H,13,14). The molecule has 0 aliphatic carbocycles. The molecule has 2 aromatic heterocycles. The van der Waals surface area contributed by atoms with E-state index >= 15 is 0 Å². The Kier molecular flexibility index (Phi) is 2.07. The van der Waals surface area contributed by atoms with Crippen molar-refractivity contribution in [3.05, 3.63) is 34.9 Å². The molecule has 5 heteroatoms. The van der Waals surface area contributed by atoms with E-state index in [1.807, 2.05) is 37.5 Å². The fourth-order valence-corrected chi connectivity index (χ4v) is 2.25. The van der Waals surface area contributed by atoms with E-state index in [4.69, 9.17) is 0 Å². The van der Waals surface area contributed by atoms with Gasteiger partial charge in [0, 0.05) is 13.2 Å². The highest BCUT2D eigenvalue weighted by atomic mass is 79.9. The number of nitrogens with zero attached hydrogens (tertiary/aromatic N) is 3. The van der Waals surface area contributed by atoms with E-state index in [0.717, 1.165) is 27.0 Å². The maximum Gasteiger partial charge on any atom is 0.160 e. The lowest BCUT2D eigenvalue weighted by atomic mass is 10.3. The summed E-state index contributed by atoms with van der Waals surface area (Å²) < 4.78 is 2.70. The average Bonchev–Trinajstić information content (AvgIpc) is 2.81. The van der Waals surface area contributed by atoms with Crippen molar-refractivity contribution in [2.75, 3.05) is 0 Å². The summed E-state index contributed by atoms with van der Waals surface area (Å²) in [4.78, 5) is 7.74.